The molecule has 0 bridgehead atoms. The first-order valence-electron chi connectivity index (χ1n) is 6.44. The molecule has 0 aromatic heterocycles. The highest BCUT2D eigenvalue weighted by Gasteiger charge is 2.27. The van der Waals surface area contributed by atoms with E-state index in [9.17, 15) is 9.90 Å². The molecular weight excluding hydrogens is 220 g/mol. The van der Waals surface area contributed by atoms with Gasteiger partial charge >= 0.3 is 0 Å². The Balaban J connectivity index is 2.49. The standard InChI is InChI=1S/C12H24N2O3/c1-2-17-11(8-13)7-12(16)14-6-4-3-5-10(14)9-15/h10-11,15H,2-9,13H2,1H3. The predicted octanol–water partition coefficient (Wildman–Crippen LogP) is 0.114. The number of aliphatic hydroxyl groups excluding tert-OH is 1. The van der Waals surface area contributed by atoms with E-state index in [0.717, 1.165) is 25.8 Å². The molecule has 1 rings (SSSR count). The van der Waals surface area contributed by atoms with Crippen LogP contribution in [-0.2, 0) is 9.53 Å². The molecule has 1 fully saturated rings. The molecular formula is C12H24N2O3. The molecule has 0 radical (unpaired) electrons. The summed E-state index contributed by atoms with van der Waals surface area (Å²) in [4.78, 5) is 13.9. The van der Waals surface area contributed by atoms with Crippen molar-refractivity contribution in [2.75, 3.05) is 26.3 Å². The zero-order valence-electron chi connectivity index (χ0n) is 10.6. The normalized spacial score (nSPS) is 22.5. The topological polar surface area (TPSA) is 75.8 Å². The van der Waals surface area contributed by atoms with Gasteiger partial charge in [0.2, 0.25) is 5.91 Å². The summed E-state index contributed by atoms with van der Waals surface area (Å²) < 4.78 is 5.39. The van der Waals surface area contributed by atoms with Crippen LogP contribution in [0, 0.1) is 0 Å². The average molecular weight is 244 g/mol. The molecule has 5 nitrogen and oxygen atoms in total. The summed E-state index contributed by atoms with van der Waals surface area (Å²) in [5, 5.41) is 9.26. The van der Waals surface area contributed by atoms with Gasteiger partial charge in [-0.05, 0) is 26.2 Å². The molecule has 0 saturated carbocycles. The van der Waals surface area contributed by atoms with Gasteiger partial charge in [-0.1, -0.05) is 0 Å². The molecule has 17 heavy (non-hydrogen) atoms. The van der Waals surface area contributed by atoms with Crippen molar-refractivity contribution in [3.05, 3.63) is 0 Å². The molecule has 1 aliphatic heterocycles. The third kappa shape index (κ3) is 4.26. The van der Waals surface area contributed by atoms with E-state index in [1.165, 1.54) is 0 Å². The lowest BCUT2D eigenvalue weighted by Crippen LogP contribution is -2.47. The molecule has 5 heteroatoms. The van der Waals surface area contributed by atoms with Crippen molar-refractivity contribution >= 4 is 5.91 Å². The van der Waals surface area contributed by atoms with Gasteiger partial charge in [0.25, 0.3) is 0 Å². The Kier molecular flexibility index (Phi) is 6.47. The van der Waals surface area contributed by atoms with E-state index < -0.39 is 0 Å². The Morgan fingerprint density at radius 3 is 2.94 bits per heavy atom. The van der Waals surface area contributed by atoms with Crippen molar-refractivity contribution in [2.24, 2.45) is 5.73 Å². The van der Waals surface area contributed by atoms with E-state index in [1.807, 2.05) is 6.92 Å². The van der Waals surface area contributed by atoms with Gasteiger partial charge in [-0.15, -0.1) is 0 Å². The Hall–Kier alpha value is -0.650. The van der Waals surface area contributed by atoms with E-state index in [-0.39, 0.29) is 24.7 Å². The van der Waals surface area contributed by atoms with Gasteiger partial charge in [0.1, 0.15) is 0 Å². The zero-order valence-corrected chi connectivity index (χ0v) is 10.6. The van der Waals surface area contributed by atoms with Gasteiger partial charge in [-0.3, -0.25) is 4.79 Å². The van der Waals surface area contributed by atoms with Crippen molar-refractivity contribution in [2.45, 2.75) is 44.8 Å². The minimum atomic E-state index is -0.200. The summed E-state index contributed by atoms with van der Waals surface area (Å²) in [6, 6.07) is -0.0173. The first-order valence-corrected chi connectivity index (χ1v) is 6.44. The number of carbonyl (C=O) groups excluding carboxylic acids is 1. The van der Waals surface area contributed by atoms with Crippen molar-refractivity contribution in [3.63, 3.8) is 0 Å². The van der Waals surface area contributed by atoms with Crippen LogP contribution >= 0.6 is 0 Å². The number of rotatable bonds is 6. The van der Waals surface area contributed by atoms with Gasteiger partial charge in [-0.25, -0.2) is 0 Å². The minimum Gasteiger partial charge on any atom is -0.394 e. The highest BCUT2D eigenvalue weighted by molar-refractivity contribution is 5.77. The SMILES string of the molecule is CCOC(CN)CC(=O)N1CCCCC1CO. The van der Waals surface area contributed by atoms with E-state index in [1.54, 1.807) is 4.90 Å². The highest BCUT2D eigenvalue weighted by Crippen LogP contribution is 2.18. The van der Waals surface area contributed by atoms with E-state index in [4.69, 9.17) is 10.5 Å². The smallest absolute Gasteiger partial charge is 0.225 e. The fraction of sp³-hybridized carbons (Fsp3) is 0.917. The van der Waals surface area contributed by atoms with Crippen LogP contribution in [0.2, 0.25) is 0 Å². The number of likely N-dealkylation sites (tertiary alicyclic amines) is 1. The molecule has 1 saturated heterocycles. The van der Waals surface area contributed by atoms with Crippen molar-refractivity contribution in [1.29, 1.82) is 0 Å². The fourth-order valence-electron chi connectivity index (χ4n) is 2.28. The lowest BCUT2D eigenvalue weighted by atomic mass is 10.0. The van der Waals surface area contributed by atoms with Crippen LogP contribution in [0.4, 0.5) is 0 Å². The third-order valence-electron chi connectivity index (χ3n) is 3.23. The van der Waals surface area contributed by atoms with Crippen LogP contribution in [0.1, 0.15) is 32.6 Å². The number of hydrogen-bond acceptors (Lipinski definition) is 4. The number of ether oxygens (including phenoxy) is 1. The number of amides is 1. The molecule has 3 N–H and O–H groups in total. The minimum absolute atomic E-state index is 0.0173. The van der Waals surface area contributed by atoms with Crippen LogP contribution in [0.3, 0.4) is 0 Å². The third-order valence-corrected chi connectivity index (χ3v) is 3.23. The Bertz CT molecular complexity index is 236. The van der Waals surface area contributed by atoms with Gasteiger partial charge in [0.15, 0.2) is 0 Å². The number of nitrogens with two attached hydrogens (primary N) is 1. The lowest BCUT2D eigenvalue weighted by Gasteiger charge is -2.35. The number of aliphatic hydroxyl groups is 1. The molecule has 0 aromatic rings. The summed E-state index contributed by atoms with van der Waals surface area (Å²) in [5.74, 6) is 0.0488. The molecule has 1 amide bonds. The quantitative estimate of drug-likeness (QED) is 0.695. The lowest BCUT2D eigenvalue weighted by molar-refractivity contribution is -0.138. The maximum absolute atomic E-state index is 12.1. The van der Waals surface area contributed by atoms with Crippen LogP contribution in [0.25, 0.3) is 0 Å². The number of carbonyl (C=O) groups is 1. The van der Waals surface area contributed by atoms with Gasteiger partial charge in [-0.2, -0.15) is 0 Å². The van der Waals surface area contributed by atoms with Gasteiger partial charge in [0, 0.05) is 19.7 Å². The molecule has 1 aliphatic rings. The number of nitrogens with zero attached hydrogens (tertiary/aromatic N) is 1. The second kappa shape index (κ2) is 7.63. The largest absolute Gasteiger partial charge is 0.394 e. The second-order valence-corrected chi connectivity index (χ2v) is 4.44. The molecule has 0 aliphatic carbocycles. The molecule has 2 unspecified atom stereocenters. The zero-order chi connectivity index (χ0) is 12.7. The summed E-state index contributed by atoms with van der Waals surface area (Å²) in [7, 11) is 0. The fourth-order valence-corrected chi connectivity index (χ4v) is 2.28. The summed E-state index contributed by atoms with van der Waals surface area (Å²) in [6.45, 7) is 3.61. The van der Waals surface area contributed by atoms with Crippen LogP contribution in [-0.4, -0.2) is 54.4 Å². The molecule has 0 spiro atoms. The first-order chi connectivity index (χ1) is 8.22. The van der Waals surface area contributed by atoms with Crippen molar-refractivity contribution < 1.29 is 14.6 Å². The molecule has 2 atom stereocenters. The van der Waals surface area contributed by atoms with Crippen LogP contribution in [0.15, 0.2) is 0 Å². The van der Waals surface area contributed by atoms with Crippen molar-refractivity contribution in [1.82, 2.24) is 4.90 Å². The summed E-state index contributed by atoms with van der Waals surface area (Å²) in [6.07, 6.45) is 3.12. The van der Waals surface area contributed by atoms with Gasteiger partial charge < -0.3 is 20.5 Å². The Morgan fingerprint density at radius 1 is 1.59 bits per heavy atom. The first kappa shape index (κ1) is 14.4. The highest BCUT2D eigenvalue weighted by atomic mass is 16.5. The van der Waals surface area contributed by atoms with Crippen molar-refractivity contribution in [3.8, 4) is 0 Å². The average Bonchev–Trinajstić information content (AvgIpc) is 2.38. The van der Waals surface area contributed by atoms with E-state index in [0.29, 0.717) is 19.6 Å². The monoisotopic (exact) mass is 244 g/mol. The predicted molar refractivity (Wildman–Crippen MR) is 65.5 cm³/mol. The Labute approximate surface area is 103 Å². The Morgan fingerprint density at radius 2 is 2.35 bits per heavy atom. The maximum Gasteiger partial charge on any atom is 0.225 e. The second-order valence-electron chi connectivity index (χ2n) is 4.44. The summed E-state index contributed by atoms with van der Waals surface area (Å²) >= 11 is 0. The molecule has 100 valence electrons. The van der Waals surface area contributed by atoms with Gasteiger partial charge in [0.05, 0.1) is 25.2 Å². The van der Waals surface area contributed by atoms with Crippen LogP contribution < -0.4 is 5.73 Å². The molecule has 1 heterocycles. The number of hydrogen-bond donors (Lipinski definition) is 2. The van der Waals surface area contributed by atoms with E-state index >= 15 is 0 Å². The number of piperidine rings is 1. The summed E-state index contributed by atoms with van der Waals surface area (Å²) in [5.41, 5.74) is 5.56. The van der Waals surface area contributed by atoms with E-state index in [2.05, 4.69) is 0 Å². The van der Waals surface area contributed by atoms with Crippen LogP contribution in [0.5, 0.6) is 0 Å². The maximum atomic E-state index is 12.1. The molecule has 0 aromatic carbocycles.